The Morgan fingerprint density at radius 2 is 1.92 bits per heavy atom. The molecule has 24 heavy (non-hydrogen) atoms. The third-order valence-corrected chi connectivity index (χ3v) is 4.71. The van der Waals surface area contributed by atoms with Gasteiger partial charge in [0.25, 0.3) is 5.91 Å². The monoisotopic (exact) mass is 349 g/mol. The van der Waals surface area contributed by atoms with Crippen molar-refractivity contribution in [3.8, 4) is 0 Å². The molecular weight excluding hydrogens is 326 g/mol. The van der Waals surface area contributed by atoms with Gasteiger partial charge in [-0.05, 0) is 31.2 Å². The fraction of sp³-hybridized carbons (Fsp3) is 0.412. The summed E-state index contributed by atoms with van der Waals surface area (Å²) in [6, 6.07) is 7.98. The Labute approximate surface area is 142 Å². The molecule has 1 aromatic heterocycles. The fourth-order valence-electron chi connectivity index (χ4n) is 2.21. The quantitative estimate of drug-likeness (QED) is 0.920. The van der Waals surface area contributed by atoms with Crippen LogP contribution < -0.4 is 5.32 Å². The summed E-state index contributed by atoms with van der Waals surface area (Å²) in [6.45, 7) is 8.59. The minimum Gasteiger partial charge on any atom is -0.321 e. The van der Waals surface area contributed by atoms with Crippen LogP contribution in [0.1, 0.15) is 43.9 Å². The third kappa shape index (κ3) is 4.03. The Morgan fingerprint density at radius 1 is 1.25 bits per heavy atom. The van der Waals surface area contributed by atoms with E-state index < -0.39 is 9.84 Å². The molecule has 0 saturated carbocycles. The Hall–Kier alpha value is -2.15. The number of carbonyl (C=O) groups is 1. The number of amides is 1. The van der Waals surface area contributed by atoms with Gasteiger partial charge in [-0.25, -0.2) is 8.42 Å². The number of aryl methyl sites for hydroxylation is 1. The molecule has 0 aliphatic rings. The molecule has 0 atom stereocenters. The molecule has 0 aliphatic heterocycles. The molecule has 0 fully saturated rings. The average molecular weight is 349 g/mol. The maximum atomic E-state index is 12.6. The Kier molecular flexibility index (Phi) is 4.85. The lowest BCUT2D eigenvalue weighted by Gasteiger charge is -2.13. The number of hydrogen-bond donors (Lipinski definition) is 1. The minimum absolute atomic E-state index is 0.161. The van der Waals surface area contributed by atoms with Gasteiger partial charge < -0.3 is 5.32 Å². The molecule has 0 saturated heterocycles. The van der Waals surface area contributed by atoms with E-state index in [1.54, 1.807) is 22.9 Å². The Morgan fingerprint density at radius 3 is 2.46 bits per heavy atom. The van der Waals surface area contributed by atoms with E-state index in [1.165, 1.54) is 12.1 Å². The van der Waals surface area contributed by atoms with E-state index in [9.17, 15) is 13.2 Å². The number of carbonyl (C=O) groups excluding carboxylic acids is 1. The zero-order valence-electron chi connectivity index (χ0n) is 14.6. The first-order valence-electron chi connectivity index (χ1n) is 7.72. The zero-order valence-corrected chi connectivity index (χ0v) is 15.4. The zero-order chi connectivity index (χ0) is 18.1. The van der Waals surface area contributed by atoms with E-state index in [-0.39, 0.29) is 16.2 Å². The molecule has 0 unspecified atom stereocenters. The number of aromatic nitrogens is 2. The van der Waals surface area contributed by atoms with Gasteiger partial charge in [-0.1, -0.05) is 26.8 Å². The van der Waals surface area contributed by atoms with Crippen molar-refractivity contribution in [2.45, 2.75) is 44.6 Å². The number of sulfone groups is 1. The molecule has 0 bridgehead atoms. The molecule has 0 spiro atoms. The second kappa shape index (κ2) is 6.39. The standard InChI is InChI=1S/C17H23N3O3S/c1-6-20-14(11-15(19-20)17(2,3)4)16(21)18-12-8-7-9-13(10-12)24(5,22)23/h7-11H,6H2,1-5H3,(H,18,21). The summed E-state index contributed by atoms with van der Waals surface area (Å²) in [5.74, 6) is -0.314. The van der Waals surface area contributed by atoms with Crippen molar-refractivity contribution in [1.29, 1.82) is 0 Å². The number of nitrogens with one attached hydrogen (secondary N) is 1. The van der Waals surface area contributed by atoms with Crippen LogP contribution in [-0.4, -0.2) is 30.4 Å². The summed E-state index contributed by atoms with van der Waals surface area (Å²) in [5.41, 5.74) is 1.56. The predicted molar refractivity (Wildman–Crippen MR) is 94.1 cm³/mol. The molecule has 6 nitrogen and oxygen atoms in total. The van der Waals surface area contributed by atoms with Crippen LogP contribution in [0.15, 0.2) is 35.2 Å². The number of benzene rings is 1. The van der Waals surface area contributed by atoms with E-state index in [2.05, 4.69) is 10.4 Å². The van der Waals surface area contributed by atoms with Gasteiger partial charge in [-0.3, -0.25) is 9.48 Å². The van der Waals surface area contributed by atoms with Crippen molar-refractivity contribution in [3.63, 3.8) is 0 Å². The second-order valence-corrected chi connectivity index (χ2v) is 8.75. The largest absolute Gasteiger partial charge is 0.321 e. The molecule has 1 amide bonds. The molecule has 0 radical (unpaired) electrons. The molecule has 1 aromatic carbocycles. The summed E-state index contributed by atoms with van der Waals surface area (Å²) in [6.07, 6.45) is 1.13. The maximum Gasteiger partial charge on any atom is 0.273 e. The summed E-state index contributed by atoms with van der Waals surface area (Å²) in [5, 5.41) is 7.23. The maximum absolute atomic E-state index is 12.6. The Balaban J connectivity index is 2.32. The second-order valence-electron chi connectivity index (χ2n) is 6.73. The number of nitrogens with zero attached hydrogens (tertiary/aromatic N) is 2. The third-order valence-electron chi connectivity index (χ3n) is 3.60. The molecule has 7 heteroatoms. The van der Waals surface area contributed by atoms with Gasteiger partial charge in [0, 0.05) is 23.9 Å². The van der Waals surface area contributed by atoms with Crippen molar-refractivity contribution < 1.29 is 13.2 Å². The van der Waals surface area contributed by atoms with Crippen LogP contribution in [0.5, 0.6) is 0 Å². The first-order chi connectivity index (χ1) is 11.0. The van der Waals surface area contributed by atoms with Crippen LogP contribution in [0.25, 0.3) is 0 Å². The van der Waals surface area contributed by atoms with Crippen LogP contribution in [-0.2, 0) is 21.8 Å². The van der Waals surface area contributed by atoms with Gasteiger partial charge >= 0.3 is 0 Å². The molecule has 130 valence electrons. The number of hydrogen-bond acceptors (Lipinski definition) is 4. The predicted octanol–water partition coefficient (Wildman–Crippen LogP) is 2.86. The lowest BCUT2D eigenvalue weighted by Crippen LogP contribution is -2.17. The van der Waals surface area contributed by atoms with E-state index >= 15 is 0 Å². The average Bonchev–Trinajstić information content (AvgIpc) is 2.91. The smallest absolute Gasteiger partial charge is 0.273 e. The van der Waals surface area contributed by atoms with Gasteiger partial charge in [-0.15, -0.1) is 0 Å². The highest BCUT2D eigenvalue weighted by molar-refractivity contribution is 7.90. The van der Waals surface area contributed by atoms with Crippen LogP contribution in [0.2, 0.25) is 0 Å². The minimum atomic E-state index is -3.32. The van der Waals surface area contributed by atoms with Gasteiger partial charge in [-0.2, -0.15) is 5.10 Å². The Bertz CT molecular complexity index is 861. The van der Waals surface area contributed by atoms with Crippen LogP contribution in [0.4, 0.5) is 5.69 Å². The topological polar surface area (TPSA) is 81.1 Å². The summed E-state index contributed by atoms with van der Waals surface area (Å²) in [7, 11) is -3.32. The van der Waals surface area contributed by atoms with Gasteiger partial charge in [0.05, 0.1) is 10.6 Å². The number of rotatable bonds is 4. The molecule has 2 aromatic rings. The molecule has 0 aliphatic carbocycles. The lowest BCUT2D eigenvalue weighted by molar-refractivity contribution is 0.101. The number of anilines is 1. The highest BCUT2D eigenvalue weighted by Crippen LogP contribution is 2.23. The van der Waals surface area contributed by atoms with E-state index in [0.717, 1.165) is 11.9 Å². The normalized spacial score (nSPS) is 12.2. The highest BCUT2D eigenvalue weighted by atomic mass is 32.2. The van der Waals surface area contributed by atoms with E-state index in [4.69, 9.17) is 0 Å². The van der Waals surface area contributed by atoms with Crippen LogP contribution >= 0.6 is 0 Å². The summed E-state index contributed by atoms with van der Waals surface area (Å²) < 4.78 is 24.9. The highest BCUT2D eigenvalue weighted by Gasteiger charge is 2.22. The molecule has 2 rings (SSSR count). The molecule has 1 heterocycles. The summed E-state index contributed by atoms with van der Waals surface area (Å²) in [4.78, 5) is 12.7. The summed E-state index contributed by atoms with van der Waals surface area (Å²) >= 11 is 0. The fourth-order valence-corrected chi connectivity index (χ4v) is 2.87. The SMILES string of the molecule is CCn1nc(C(C)(C)C)cc1C(=O)Nc1cccc(S(C)(=O)=O)c1. The van der Waals surface area contributed by atoms with Crippen molar-refractivity contribution >= 4 is 21.4 Å². The molecule has 1 N–H and O–H groups in total. The molecular formula is C17H23N3O3S. The van der Waals surface area contributed by atoms with E-state index in [0.29, 0.717) is 17.9 Å². The van der Waals surface area contributed by atoms with Gasteiger partial charge in [0.1, 0.15) is 5.69 Å². The van der Waals surface area contributed by atoms with Crippen molar-refractivity contribution in [3.05, 3.63) is 41.7 Å². The first kappa shape index (κ1) is 18.2. The van der Waals surface area contributed by atoms with Crippen molar-refractivity contribution in [1.82, 2.24) is 9.78 Å². The first-order valence-corrected chi connectivity index (χ1v) is 9.61. The van der Waals surface area contributed by atoms with Gasteiger partial charge in [0.2, 0.25) is 0 Å². The van der Waals surface area contributed by atoms with E-state index in [1.807, 2.05) is 27.7 Å². The van der Waals surface area contributed by atoms with Crippen LogP contribution in [0.3, 0.4) is 0 Å². The van der Waals surface area contributed by atoms with Crippen molar-refractivity contribution in [2.75, 3.05) is 11.6 Å². The van der Waals surface area contributed by atoms with Crippen molar-refractivity contribution in [2.24, 2.45) is 0 Å². The van der Waals surface area contributed by atoms with Crippen LogP contribution in [0, 0.1) is 0 Å². The lowest BCUT2D eigenvalue weighted by atomic mass is 9.92. The van der Waals surface area contributed by atoms with Gasteiger partial charge in [0.15, 0.2) is 9.84 Å².